The molecule has 3 heteroatoms. The molecule has 0 atom stereocenters. The molecule has 2 heterocycles. The molecule has 2 aliphatic heterocycles. The summed E-state index contributed by atoms with van der Waals surface area (Å²) in [6.45, 7) is 5.83. The lowest BCUT2D eigenvalue weighted by atomic mass is 9.95. The van der Waals surface area contributed by atoms with Crippen molar-refractivity contribution in [1.29, 1.82) is 0 Å². The van der Waals surface area contributed by atoms with Crippen LogP contribution in [0, 0.1) is 5.92 Å². The van der Waals surface area contributed by atoms with E-state index in [9.17, 15) is 0 Å². The van der Waals surface area contributed by atoms with E-state index < -0.39 is 0 Å². The fourth-order valence-electron chi connectivity index (χ4n) is 2.09. The maximum atomic E-state index is 5.64. The SMILES string of the molecule is NCC1CCN(C2CNC2)CC1. The first-order chi connectivity index (χ1) is 5.90. The Kier molecular flexibility index (Phi) is 2.63. The van der Waals surface area contributed by atoms with Gasteiger partial charge in [0.15, 0.2) is 0 Å². The van der Waals surface area contributed by atoms with Gasteiger partial charge in [-0.1, -0.05) is 0 Å². The smallest absolute Gasteiger partial charge is 0.0345 e. The number of hydrogen-bond acceptors (Lipinski definition) is 3. The summed E-state index contributed by atoms with van der Waals surface area (Å²) in [5, 5.41) is 3.32. The van der Waals surface area contributed by atoms with Crippen molar-refractivity contribution in [3.63, 3.8) is 0 Å². The minimum absolute atomic E-state index is 0.800. The average Bonchev–Trinajstić information content (AvgIpc) is 2.03. The Morgan fingerprint density at radius 3 is 2.33 bits per heavy atom. The zero-order valence-electron chi connectivity index (χ0n) is 7.63. The van der Waals surface area contributed by atoms with Gasteiger partial charge in [0.25, 0.3) is 0 Å². The number of rotatable bonds is 2. The fraction of sp³-hybridized carbons (Fsp3) is 1.00. The number of likely N-dealkylation sites (tertiary alicyclic amines) is 1. The fourth-order valence-corrected chi connectivity index (χ4v) is 2.09. The molecule has 0 spiro atoms. The first-order valence-electron chi connectivity index (χ1n) is 5.05. The van der Waals surface area contributed by atoms with Crippen LogP contribution in [0.4, 0.5) is 0 Å². The van der Waals surface area contributed by atoms with Gasteiger partial charge in [-0.3, -0.25) is 4.90 Å². The van der Waals surface area contributed by atoms with Gasteiger partial charge in [-0.15, -0.1) is 0 Å². The van der Waals surface area contributed by atoms with Crippen LogP contribution < -0.4 is 11.1 Å². The van der Waals surface area contributed by atoms with Crippen LogP contribution in [0.25, 0.3) is 0 Å². The molecule has 2 saturated heterocycles. The summed E-state index contributed by atoms with van der Waals surface area (Å²) >= 11 is 0. The quantitative estimate of drug-likeness (QED) is 0.592. The monoisotopic (exact) mass is 169 g/mol. The Labute approximate surface area is 74.3 Å². The van der Waals surface area contributed by atoms with E-state index in [-0.39, 0.29) is 0 Å². The number of nitrogens with one attached hydrogen (secondary N) is 1. The molecule has 3 nitrogen and oxygen atoms in total. The second-order valence-corrected chi connectivity index (χ2v) is 4.03. The van der Waals surface area contributed by atoms with Crippen molar-refractivity contribution in [3.8, 4) is 0 Å². The van der Waals surface area contributed by atoms with E-state index >= 15 is 0 Å². The van der Waals surface area contributed by atoms with Gasteiger partial charge in [0.05, 0.1) is 0 Å². The molecule has 2 rings (SSSR count). The van der Waals surface area contributed by atoms with Gasteiger partial charge in [-0.05, 0) is 38.4 Å². The van der Waals surface area contributed by atoms with E-state index in [4.69, 9.17) is 5.73 Å². The van der Waals surface area contributed by atoms with Crippen LogP contribution in [0.2, 0.25) is 0 Å². The highest BCUT2D eigenvalue weighted by atomic mass is 15.2. The molecule has 2 aliphatic rings. The average molecular weight is 169 g/mol. The Hall–Kier alpha value is -0.120. The van der Waals surface area contributed by atoms with Crippen LogP contribution in [0.5, 0.6) is 0 Å². The highest BCUT2D eigenvalue weighted by Gasteiger charge is 2.27. The third-order valence-electron chi connectivity index (χ3n) is 3.26. The molecule has 2 fully saturated rings. The van der Waals surface area contributed by atoms with E-state index in [0.717, 1.165) is 18.5 Å². The van der Waals surface area contributed by atoms with Crippen molar-refractivity contribution in [2.24, 2.45) is 11.7 Å². The first kappa shape index (κ1) is 8.48. The van der Waals surface area contributed by atoms with Crippen LogP contribution in [0.1, 0.15) is 12.8 Å². The van der Waals surface area contributed by atoms with E-state index in [1.54, 1.807) is 0 Å². The molecule has 12 heavy (non-hydrogen) atoms. The molecule has 0 aromatic heterocycles. The minimum atomic E-state index is 0.800. The lowest BCUT2D eigenvalue weighted by molar-refractivity contribution is 0.101. The van der Waals surface area contributed by atoms with Crippen LogP contribution in [-0.2, 0) is 0 Å². The zero-order valence-corrected chi connectivity index (χ0v) is 7.63. The van der Waals surface area contributed by atoms with E-state index in [0.29, 0.717) is 0 Å². The predicted octanol–water partition coefficient (Wildman–Crippen LogP) is -0.371. The number of nitrogens with two attached hydrogens (primary N) is 1. The Balaban J connectivity index is 1.74. The zero-order chi connectivity index (χ0) is 8.39. The Bertz CT molecular complexity index is 137. The molecule has 3 N–H and O–H groups in total. The third-order valence-corrected chi connectivity index (χ3v) is 3.26. The molecule has 0 aromatic rings. The van der Waals surface area contributed by atoms with E-state index in [1.807, 2.05) is 0 Å². The summed E-state index contributed by atoms with van der Waals surface area (Å²) in [7, 11) is 0. The summed E-state index contributed by atoms with van der Waals surface area (Å²) in [6.07, 6.45) is 2.62. The molecular formula is C9H19N3. The lowest BCUT2D eigenvalue weighted by Gasteiger charge is -2.42. The van der Waals surface area contributed by atoms with Crippen LogP contribution in [0.3, 0.4) is 0 Å². The van der Waals surface area contributed by atoms with Crippen LogP contribution in [0.15, 0.2) is 0 Å². The van der Waals surface area contributed by atoms with Gasteiger partial charge in [0.1, 0.15) is 0 Å². The summed E-state index contributed by atoms with van der Waals surface area (Å²) in [5.74, 6) is 0.800. The second-order valence-electron chi connectivity index (χ2n) is 4.03. The molecule has 0 aromatic carbocycles. The molecule has 70 valence electrons. The van der Waals surface area contributed by atoms with Crippen molar-refractivity contribution in [2.45, 2.75) is 18.9 Å². The molecule has 0 unspecified atom stereocenters. The van der Waals surface area contributed by atoms with Gasteiger partial charge in [0, 0.05) is 19.1 Å². The van der Waals surface area contributed by atoms with Gasteiger partial charge in [-0.25, -0.2) is 0 Å². The normalized spacial score (nSPS) is 28.8. The second kappa shape index (κ2) is 3.73. The van der Waals surface area contributed by atoms with Gasteiger partial charge in [0.2, 0.25) is 0 Å². The van der Waals surface area contributed by atoms with E-state index in [1.165, 1.54) is 39.0 Å². The van der Waals surface area contributed by atoms with Crippen molar-refractivity contribution >= 4 is 0 Å². The number of piperidine rings is 1. The molecule has 0 aliphatic carbocycles. The summed E-state index contributed by atoms with van der Waals surface area (Å²) in [6, 6.07) is 0.837. The van der Waals surface area contributed by atoms with Gasteiger partial charge >= 0.3 is 0 Å². The maximum absolute atomic E-state index is 5.64. The highest BCUT2D eigenvalue weighted by molar-refractivity contribution is 4.87. The van der Waals surface area contributed by atoms with Crippen LogP contribution >= 0.6 is 0 Å². The summed E-state index contributed by atoms with van der Waals surface area (Å²) in [5.41, 5.74) is 5.64. The molecule has 0 bridgehead atoms. The predicted molar refractivity (Wildman–Crippen MR) is 50.0 cm³/mol. The Morgan fingerprint density at radius 2 is 1.92 bits per heavy atom. The Morgan fingerprint density at radius 1 is 1.25 bits per heavy atom. The third kappa shape index (κ3) is 1.63. The van der Waals surface area contributed by atoms with Crippen molar-refractivity contribution in [3.05, 3.63) is 0 Å². The molecule has 0 radical (unpaired) electrons. The maximum Gasteiger partial charge on any atom is 0.0345 e. The largest absolute Gasteiger partial charge is 0.330 e. The summed E-state index contributed by atoms with van der Waals surface area (Å²) in [4.78, 5) is 2.61. The van der Waals surface area contributed by atoms with Gasteiger partial charge in [-0.2, -0.15) is 0 Å². The molecule has 0 amide bonds. The molecule has 0 saturated carbocycles. The van der Waals surface area contributed by atoms with Crippen molar-refractivity contribution < 1.29 is 0 Å². The first-order valence-corrected chi connectivity index (χ1v) is 5.05. The number of hydrogen-bond donors (Lipinski definition) is 2. The minimum Gasteiger partial charge on any atom is -0.330 e. The molecular weight excluding hydrogens is 150 g/mol. The summed E-state index contributed by atoms with van der Waals surface area (Å²) < 4.78 is 0. The van der Waals surface area contributed by atoms with Crippen molar-refractivity contribution in [2.75, 3.05) is 32.7 Å². The topological polar surface area (TPSA) is 41.3 Å². The van der Waals surface area contributed by atoms with Crippen molar-refractivity contribution in [1.82, 2.24) is 10.2 Å². The van der Waals surface area contributed by atoms with Crippen LogP contribution in [-0.4, -0.2) is 43.7 Å². The standard InChI is InChI=1S/C9H19N3/c10-5-8-1-3-12(4-2-8)9-6-11-7-9/h8-9,11H,1-7,10H2. The highest BCUT2D eigenvalue weighted by Crippen LogP contribution is 2.18. The van der Waals surface area contributed by atoms with Gasteiger partial charge < -0.3 is 11.1 Å². The van der Waals surface area contributed by atoms with E-state index in [2.05, 4.69) is 10.2 Å². The lowest BCUT2D eigenvalue weighted by Crippen LogP contribution is -2.58. The number of nitrogens with zero attached hydrogens (tertiary/aromatic N) is 1.